The standard InChI is InChI=1S/C16H18BrNO4S/c1-11-9-12(5-7-14(11)17)18(2)23(19,20)13-6-8-15(21-3)16(10-13)22-4/h5-10H,1-4H3. The predicted molar refractivity (Wildman–Crippen MR) is 94.0 cm³/mol. The average Bonchev–Trinajstić information content (AvgIpc) is 2.55. The minimum Gasteiger partial charge on any atom is -0.493 e. The Morgan fingerprint density at radius 3 is 2.22 bits per heavy atom. The number of rotatable bonds is 5. The Kier molecular flexibility index (Phi) is 5.21. The van der Waals surface area contributed by atoms with E-state index < -0.39 is 10.0 Å². The fraction of sp³-hybridized carbons (Fsp3) is 0.250. The summed E-state index contributed by atoms with van der Waals surface area (Å²) in [6.07, 6.45) is 0. The molecule has 0 unspecified atom stereocenters. The first-order valence-electron chi connectivity index (χ1n) is 6.78. The highest BCUT2D eigenvalue weighted by molar-refractivity contribution is 9.10. The van der Waals surface area contributed by atoms with E-state index in [4.69, 9.17) is 9.47 Å². The fourth-order valence-electron chi connectivity index (χ4n) is 2.10. The molecule has 0 aliphatic heterocycles. The van der Waals surface area contributed by atoms with E-state index in [9.17, 15) is 8.42 Å². The highest BCUT2D eigenvalue weighted by Crippen LogP contribution is 2.32. The van der Waals surface area contributed by atoms with Gasteiger partial charge in [-0.1, -0.05) is 15.9 Å². The van der Waals surface area contributed by atoms with Crippen LogP contribution in [0.4, 0.5) is 5.69 Å². The maximum absolute atomic E-state index is 12.8. The molecule has 0 atom stereocenters. The Morgan fingerprint density at radius 1 is 1.00 bits per heavy atom. The van der Waals surface area contributed by atoms with Gasteiger partial charge in [0.05, 0.1) is 24.8 Å². The predicted octanol–water partition coefficient (Wildman–Crippen LogP) is 3.60. The minimum atomic E-state index is -3.70. The maximum atomic E-state index is 12.8. The van der Waals surface area contributed by atoms with E-state index in [0.29, 0.717) is 17.2 Å². The summed E-state index contributed by atoms with van der Waals surface area (Å²) in [7, 11) is 0.797. The van der Waals surface area contributed by atoms with Crippen molar-refractivity contribution in [1.29, 1.82) is 0 Å². The molecule has 5 nitrogen and oxygen atoms in total. The lowest BCUT2D eigenvalue weighted by molar-refractivity contribution is 0.354. The number of nitrogens with zero attached hydrogens (tertiary/aromatic N) is 1. The second-order valence-electron chi connectivity index (χ2n) is 4.92. The molecule has 0 heterocycles. The van der Waals surface area contributed by atoms with E-state index in [0.717, 1.165) is 10.0 Å². The van der Waals surface area contributed by atoms with Gasteiger partial charge in [0, 0.05) is 17.6 Å². The van der Waals surface area contributed by atoms with Crippen LogP contribution in [0, 0.1) is 6.92 Å². The molecule has 7 heteroatoms. The van der Waals surface area contributed by atoms with Crippen molar-refractivity contribution in [3.8, 4) is 11.5 Å². The van der Waals surface area contributed by atoms with Gasteiger partial charge in [0.15, 0.2) is 11.5 Å². The first-order valence-corrected chi connectivity index (χ1v) is 9.01. The van der Waals surface area contributed by atoms with E-state index >= 15 is 0 Å². The molecule has 0 N–H and O–H groups in total. The van der Waals surface area contributed by atoms with Gasteiger partial charge in [0.1, 0.15) is 0 Å². The lowest BCUT2D eigenvalue weighted by atomic mass is 10.2. The normalized spacial score (nSPS) is 11.2. The first-order chi connectivity index (χ1) is 10.8. The highest BCUT2D eigenvalue weighted by Gasteiger charge is 2.23. The molecule has 2 aromatic carbocycles. The number of hydrogen-bond donors (Lipinski definition) is 0. The molecule has 124 valence electrons. The van der Waals surface area contributed by atoms with Gasteiger partial charge >= 0.3 is 0 Å². The summed E-state index contributed by atoms with van der Waals surface area (Å²) in [5.41, 5.74) is 1.54. The Labute approximate surface area is 145 Å². The summed E-state index contributed by atoms with van der Waals surface area (Å²) in [6.45, 7) is 1.91. The van der Waals surface area contributed by atoms with Crippen LogP contribution in [-0.4, -0.2) is 29.7 Å². The van der Waals surface area contributed by atoms with Crippen molar-refractivity contribution in [3.63, 3.8) is 0 Å². The van der Waals surface area contributed by atoms with Gasteiger partial charge < -0.3 is 9.47 Å². The van der Waals surface area contributed by atoms with Gasteiger partial charge in [-0.2, -0.15) is 0 Å². The quantitative estimate of drug-likeness (QED) is 0.770. The third-order valence-electron chi connectivity index (χ3n) is 3.52. The number of aryl methyl sites for hydroxylation is 1. The number of anilines is 1. The molecule has 0 saturated carbocycles. The van der Waals surface area contributed by atoms with Crippen molar-refractivity contribution < 1.29 is 17.9 Å². The van der Waals surface area contributed by atoms with Crippen molar-refractivity contribution in [1.82, 2.24) is 0 Å². The summed E-state index contributed by atoms with van der Waals surface area (Å²) in [6, 6.07) is 9.91. The van der Waals surface area contributed by atoms with Crippen molar-refractivity contribution in [2.45, 2.75) is 11.8 Å². The van der Waals surface area contributed by atoms with Crippen molar-refractivity contribution in [3.05, 3.63) is 46.4 Å². The monoisotopic (exact) mass is 399 g/mol. The molecular weight excluding hydrogens is 382 g/mol. The Balaban J connectivity index is 2.46. The number of hydrogen-bond acceptors (Lipinski definition) is 4. The average molecular weight is 400 g/mol. The molecular formula is C16H18BrNO4S. The maximum Gasteiger partial charge on any atom is 0.264 e. The van der Waals surface area contributed by atoms with Crippen LogP contribution in [-0.2, 0) is 10.0 Å². The zero-order valence-corrected chi connectivity index (χ0v) is 15.7. The second kappa shape index (κ2) is 6.80. The molecule has 0 saturated heterocycles. The van der Waals surface area contributed by atoms with Gasteiger partial charge in [-0.05, 0) is 42.8 Å². The van der Waals surface area contributed by atoms with E-state index in [-0.39, 0.29) is 4.90 Å². The summed E-state index contributed by atoms with van der Waals surface area (Å²) in [4.78, 5) is 0.137. The van der Waals surface area contributed by atoms with Crippen LogP contribution in [0.15, 0.2) is 45.8 Å². The topological polar surface area (TPSA) is 55.8 Å². The van der Waals surface area contributed by atoms with Crippen LogP contribution in [0.1, 0.15) is 5.56 Å². The number of sulfonamides is 1. The number of ether oxygens (including phenoxy) is 2. The zero-order chi connectivity index (χ0) is 17.2. The highest BCUT2D eigenvalue weighted by atomic mass is 79.9. The summed E-state index contributed by atoms with van der Waals surface area (Å²) in [5, 5.41) is 0. The lowest BCUT2D eigenvalue weighted by Gasteiger charge is -2.21. The number of methoxy groups -OCH3 is 2. The Bertz CT molecular complexity index is 821. The molecule has 0 fully saturated rings. The third kappa shape index (κ3) is 3.45. The molecule has 2 aromatic rings. The second-order valence-corrected chi connectivity index (χ2v) is 7.75. The first kappa shape index (κ1) is 17.6. The van der Waals surface area contributed by atoms with Gasteiger partial charge in [0.2, 0.25) is 0 Å². The SMILES string of the molecule is COc1ccc(S(=O)(=O)N(C)c2ccc(Br)c(C)c2)cc1OC. The molecule has 23 heavy (non-hydrogen) atoms. The third-order valence-corrected chi connectivity index (χ3v) is 6.19. The van der Waals surface area contributed by atoms with Crippen molar-refractivity contribution in [2.24, 2.45) is 0 Å². The molecule has 0 amide bonds. The summed E-state index contributed by atoms with van der Waals surface area (Å²) >= 11 is 3.41. The van der Waals surface area contributed by atoms with E-state index in [1.54, 1.807) is 12.1 Å². The van der Waals surface area contributed by atoms with Crippen molar-refractivity contribution in [2.75, 3.05) is 25.6 Å². The lowest BCUT2D eigenvalue weighted by Crippen LogP contribution is -2.26. The summed E-state index contributed by atoms with van der Waals surface area (Å²) in [5.74, 6) is 0.850. The number of benzene rings is 2. The van der Waals surface area contributed by atoms with Crippen LogP contribution in [0.5, 0.6) is 11.5 Å². The van der Waals surface area contributed by atoms with E-state index in [1.165, 1.54) is 37.7 Å². The molecule has 0 radical (unpaired) electrons. The molecule has 0 spiro atoms. The Hall–Kier alpha value is -1.73. The summed E-state index contributed by atoms with van der Waals surface area (Å²) < 4.78 is 38.1. The van der Waals surface area contributed by atoms with Gasteiger partial charge in [-0.25, -0.2) is 8.42 Å². The van der Waals surface area contributed by atoms with E-state index in [2.05, 4.69) is 15.9 Å². The zero-order valence-electron chi connectivity index (χ0n) is 13.3. The number of halogens is 1. The van der Waals surface area contributed by atoms with Crippen LogP contribution in [0.2, 0.25) is 0 Å². The fourth-order valence-corrected chi connectivity index (χ4v) is 3.55. The molecule has 2 rings (SSSR count). The largest absolute Gasteiger partial charge is 0.493 e. The van der Waals surface area contributed by atoms with Crippen LogP contribution < -0.4 is 13.8 Å². The van der Waals surface area contributed by atoms with E-state index in [1.807, 2.05) is 19.1 Å². The molecule has 0 aliphatic carbocycles. The smallest absolute Gasteiger partial charge is 0.264 e. The van der Waals surface area contributed by atoms with Gasteiger partial charge in [-0.15, -0.1) is 0 Å². The molecule has 0 aromatic heterocycles. The molecule has 0 bridgehead atoms. The minimum absolute atomic E-state index is 0.137. The van der Waals surface area contributed by atoms with Crippen LogP contribution >= 0.6 is 15.9 Å². The molecule has 0 aliphatic rings. The van der Waals surface area contributed by atoms with Crippen molar-refractivity contribution >= 4 is 31.6 Å². The van der Waals surface area contributed by atoms with Crippen LogP contribution in [0.25, 0.3) is 0 Å². The van der Waals surface area contributed by atoms with Crippen LogP contribution in [0.3, 0.4) is 0 Å². The van der Waals surface area contributed by atoms with Gasteiger partial charge in [0.25, 0.3) is 10.0 Å². The van der Waals surface area contributed by atoms with Gasteiger partial charge in [-0.3, -0.25) is 4.31 Å². The Morgan fingerprint density at radius 2 is 1.65 bits per heavy atom.